The van der Waals surface area contributed by atoms with Crippen LogP contribution in [0.2, 0.25) is 0 Å². The third-order valence-electron chi connectivity index (χ3n) is 4.59. The second kappa shape index (κ2) is 10.8. The van der Waals surface area contributed by atoms with Crippen LogP contribution in [-0.4, -0.2) is 95.8 Å². The third kappa shape index (κ3) is 7.21. The Hall–Kier alpha value is -1.48. The number of carbonyl (C=O) groups is 1. The van der Waals surface area contributed by atoms with E-state index in [-0.39, 0.29) is 12.0 Å². The molecule has 0 bridgehead atoms. The molecule has 0 aromatic carbocycles. The van der Waals surface area contributed by atoms with Crippen LogP contribution >= 0.6 is 0 Å². The maximum Gasteiger partial charge on any atom is 0.275 e. The van der Waals surface area contributed by atoms with Gasteiger partial charge in [0.1, 0.15) is 6.26 Å². The maximum absolute atomic E-state index is 12.2. The number of aromatic nitrogens is 1. The highest BCUT2D eigenvalue weighted by atomic mass is 16.5. The number of rotatable bonds is 10. The highest BCUT2D eigenvalue weighted by Crippen LogP contribution is 2.11. The molecule has 1 atom stereocenters. The highest BCUT2D eigenvalue weighted by molar-refractivity contribution is 5.91. The average Bonchev–Trinajstić information content (AvgIpc) is 3.09. The fourth-order valence-electron chi connectivity index (χ4n) is 3.09. The summed E-state index contributed by atoms with van der Waals surface area (Å²) in [7, 11) is 1.78. The van der Waals surface area contributed by atoms with Crippen molar-refractivity contribution < 1.29 is 19.1 Å². The summed E-state index contributed by atoms with van der Waals surface area (Å²) < 4.78 is 11.0. The molecule has 1 amide bonds. The monoisotopic (exact) mass is 382 g/mol. The van der Waals surface area contributed by atoms with E-state index in [2.05, 4.69) is 14.8 Å². The molecule has 1 aromatic rings. The normalized spacial score (nSPS) is 17.4. The molecule has 1 aliphatic heterocycles. The SMILES string of the molecule is CCCN(C)C(=O)c1coc(CN2CCN(CC(O)COC(C)C)CC2)n1. The molecular weight excluding hydrogens is 348 g/mol. The molecule has 1 saturated heterocycles. The van der Waals surface area contributed by atoms with E-state index in [1.54, 1.807) is 11.9 Å². The molecule has 27 heavy (non-hydrogen) atoms. The molecule has 1 N–H and O–H groups in total. The summed E-state index contributed by atoms with van der Waals surface area (Å²) in [6.07, 6.45) is 2.04. The minimum absolute atomic E-state index is 0.103. The molecule has 2 rings (SSSR count). The number of β-amino-alcohol motifs (C(OH)–C–C–N with tert-alkyl or cyclic N) is 1. The Morgan fingerprint density at radius 1 is 1.33 bits per heavy atom. The first-order chi connectivity index (χ1) is 12.9. The second-order valence-corrected chi connectivity index (χ2v) is 7.47. The molecule has 0 radical (unpaired) electrons. The van der Waals surface area contributed by atoms with Gasteiger partial charge in [-0.05, 0) is 20.3 Å². The van der Waals surface area contributed by atoms with Gasteiger partial charge in [0.25, 0.3) is 5.91 Å². The van der Waals surface area contributed by atoms with Crippen LogP contribution in [0.5, 0.6) is 0 Å². The van der Waals surface area contributed by atoms with Crippen LogP contribution in [0.15, 0.2) is 10.7 Å². The zero-order valence-corrected chi connectivity index (χ0v) is 17.1. The van der Waals surface area contributed by atoms with Gasteiger partial charge in [-0.25, -0.2) is 4.98 Å². The number of hydrogen-bond acceptors (Lipinski definition) is 7. The number of piperazine rings is 1. The van der Waals surface area contributed by atoms with Crippen molar-refractivity contribution in [2.45, 2.75) is 45.9 Å². The summed E-state index contributed by atoms with van der Waals surface area (Å²) in [5.74, 6) is 0.469. The second-order valence-electron chi connectivity index (χ2n) is 7.47. The minimum Gasteiger partial charge on any atom is -0.447 e. The Bertz CT molecular complexity index is 570. The lowest BCUT2D eigenvalue weighted by atomic mass is 10.2. The summed E-state index contributed by atoms with van der Waals surface area (Å²) in [5, 5.41) is 10.0. The third-order valence-corrected chi connectivity index (χ3v) is 4.59. The summed E-state index contributed by atoms with van der Waals surface area (Å²) in [6, 6.07) is 0. The van der Waals surface area contributed by atoms with Crippen LogP contribution in [0.4, 0.5) is 0 Å². The first kappa shape index (κ1) is 21.8. The Labute approximate surface area is 162 Å². The van der Waals surface area contributed by atoms with E-state index in [0.29, 0.717) is 37.8 Å². The van der Waals surface area contributed by atoms with Gasteiger partial charge in [-0.2, -0.15) is 0 Å². The molecule has 0 aliphatic carbocycles. The number of amides is 1. The number of oxazole rings is 1. The maximum atomic E-state index is 12.2. The van der Waals surface area contributed by atoms with E-state index in [1.807, 2.05) is 20.8 Å². The van der Waals surface area contributed by atoms with Gasteiger partial charge in [-0.15, -0.1) is 0 Å². The largest absolute Gasteiger partial charge is 0.447 e. The lowest BCUT2D eigenvalue weighted by Crippen LogP contribution is -2.48. The van der Waals surface area contributed by atoms with E-state index in [0.717, 1.165) is 32.6 Å². The van der Waals surface area contributed by atoms with Crippen molar-refractivity contribution in [1.82, 2.24) is 19.7 Å². The number of carbonyl (C=O) groups excluding carboxylic acids is 1. The Balaban J connectivity index is 1.74. The molecule has 154 valence electrons. The fourth-order valence-corrected chi connectivity index (χ4v) is 3.09. The van der Waals surface area contributed by atoms with Gasteiger partial charge in [0.15, 0.2) is 5.69 Å². The van der Waals surface area contributed by atoms with Gasteiger partial charge in [0.2, 0.25) is 5.89 Å². The van der Waals surface area contributed by atoms with E-state index in [9.17, 15) is 9.90 Å². The van der Waals surface area contributed by atoms with Crippen molar-refractivity contribution in [3.63, 3.8) is 0 Å². The molecule has 1 fully saturated rings. The van der Waals surface area contributed by atoms with E-state index < -0.39 is 6.10 Å². The topological polar surface area (TPSA) is 82.3 Å². The van der Waals surface area contributed by atoms with Crippen molar-refractivity contribution in [1.29, 1.82) is 0 Å². The Morgan fingerprint density at radius 3 is 2.63 bits per heavy atom. The zero-order chi connectivity index (χ0) is 19.8. The number of ether oxygens (including phenoxy) is 1. The van der Waals surface area contributed by atoms with Crippen LogP contribution in [-0.2, 0) is 11.3 Å². The molecule has 0 spiro atoms. The zero-order valence-electron chi connectivity index (χ0n) is 17.1. The summed E-state index contributed by atoms with van der Waals surface area (Å²) in [6.45, 7) is 11.8. The van der Waals surface area contributed by atoms with Crippen LogP contribution in [0.1, 0.15) is 43.6 Å². The quantitative estimate of drug-likeness (QED) is 0.648. The number of nitrogens with zero attached hydrogens (tertiary/aromatic N) is 4. The van der Waals surface area contributed by atoms with Crippen molar-refractivity contribution in [3.8, 4) is 0 Å². The molecule has 1 aliphatic rings. The van der Waals surface area contributed by atoms with Crippen LogP contribution in [0, 0.1) is 0 Å². The van der Waals surface area contributed by atoms with Crippen molar-refractivity contribution in [2.24, 2.45) is 0 Å². The van der Waals surface area contributed by atoms with Gasteiger partial charge in [0, 0.05) is 46.3 Å². The fraction of sp³-hybridized carbons (Fsp3) is 0.789. The average molecular weight is 383 g/mol. The van der Waals surface area contributed by atoms with Crippen LogP contribution in [0.25, 0.3) is 0 Å². The van der Waals surface area contributed by atoms with Crippen LogP contribution in [0.3, 0.4) is 0 Å². The molecule has 8 heteroatoms. The van der Waals surface area contributed by atoms with E-state index >= 15 is 0 Å². The lowest BCUT2D eigenvalue weighted by Gasteiger charge is -2.35. The predicted octanol–water partition coefficient (Wildman–Crippen LogP) is 1.06. The summed E-state index contributed by atoms with van der Waals surface area (Å²) in [5.41, 5.74) is 0.368. The van der Waals surface area contributed by atoms with Crippen molar-refractivity contribution in [3.05, 3.63) is 17.8 Å². The molecule has 0 saturated carbocycles. The molecule has 1 aromatic heterocycles. The van der Waals surface area contributed by atoms with Gasteiger partial charge in [-0.3, -0.25) is 14.6 Å². The van der Waals surface area contributed by atoms with Crippen LogP contribution < -0.4 is 0 Å². The standard InChI is InChI=1S/C19H34N4O4/c1-5-6-21(4)19(25)17-14-27-18(20-17)12-23-9-7-22(8-10-23)11-16(24)13-26-15(2)3/h14-16,24H,5-13H2,1-4H3. The smallest absolute Gasteiger partial charge is 0.275 e. The van der Waals surface area contributed by atoms with Gasteiger partial charge < -0.3 is 19.2 Å². The summed E-state index contributed by atoms with van der Waals surface area (Å²) >= 11 is 0. The molecule has 8 nitrogen and oxygen atoms in total. The first-order valence-electron chi connectivity index (χ1n) is 9.83. The van der Waals surface area contributed by atoms with E-state index in [4.69, 9.17) is 9.15 Å². The van der Waals surface area contributed by atoms with Gasteiger partial charge in [0.05, 0.1) is 25.4 Å². The lowest BCUT2D eigenvalue weighted by molar-refractivity contribution is -0.0151. The summed E-state index contributed by atoms with van der Waals surface area (Å²) in [4.78, 5) is 22.7. The molecule has 2 heterocycles. The van der Waals surface area contributed by atoms with E-state index in [1.165, 1.54) is 6.26 Å². The van der Waals surface area contributed by atoms with Crippen molar-refractivity contribution in [2.75, 3.05) is 52.9 Å². The number of aliphatic hydroxyl groups excluding tert-OH is 1. The van der Waals surface area contributed by atoms with Gasteiger partial charge >= 0.3 is 0 Å². The molecular formula is C19H34N4O4. The Kier molecular flexibility index (Phi) is 8.69. The highest BCUT2D eigenvalue weighted by Gasteiger charge is 2.22. The van der Waals surface area contributed by atoms with Gasteiger partial charge in [-0.1, -0.05) is 6.92 Å². The first-order valence-corrected chi connectivity index (χ1v) is 9.83. The number of hydrogen-bond donors (Lipinski definition) is 1. The number of aliphatic hydroxyl groups is 1. The van der Waals surface area contributed by atoms with Crippen molar-refractivity contribution >= 4 is 5.91 Å². The Morgan fingerprint density at radius 2 is 2.00 bits per heavy atom. The molecule has 1 unspecified atom stereocenters. The minimum atomic E-state index is -0.459. The predicted molar refractivity (Wildman–Crippen MR) is 103 cm³/mol.